The van der Waals surface area contributed by atoms with Gasteiger partial charge in [0.25, 0.3) is 5.91 Å². The Bertz CT molecular complexity index is 802. The number of amides is 3. The number of carbonyl (C=O) groups is 2. The lowest BCUT2D eigenvalue weighted by Crippen LogP contribution is -2.47. The summed E-state index contributed by atoms with van der Waals surface area (Å²) in [5, 5.41) is 5.58. The molecule has 1 fully saturated rings. The molecule has 0 spiro atoms. The van der Waals surface area contributed by atoms with Gasteiger partial charge in [0, 0.05) is 24.7 Å². The number of rotatable bonds is 4. The van der Waals surface area contributed by atoms with Gasteiger partial charge in [-0.1, -0.05) is 12.1 Å². The lowest BCUT2D eigenvalue weighted by Gasteiger charge is -2.32. The molecule has 1 aliphatic rings. The number of ether oxygens (including phenoxy) is 1. The molecule has 0 radical (unpaired) electrons. The molecule has 2 N–H and O–H groups in total. The normalized spacial score (nSPS) is 14.5. The minimum Gasteiger partial charge on any atom is -0.497 e. The smallest absolute Gasteiger partial charge is 0.321 e. The Morgan fingerprint density at radius 2 is 1.74 bits per heavy atom. The zero-order valence-electron chi connectivity index (χ0n) is 15.1. The first kappa shape index (κ1) is 18.7. The second kappa shape index (κ2) is 8.53. The standard InChI is InChI=1S/C20H22FN3O3/c1-27-16-8-6-14(7-9-16)19(25)22-15-10-12-24(13-11-15)20(26)23-18-5-3-2-4-17(18)21/h2-9,15H,10-13H2,1H3,(H,22,25)(H,23,26). The van der Waals surface area contributed by atoms with Gasteiger partial charge in [0.05, 0.1) is 12.8 Å². The summed E-state index contributed by atoms with van der Waals surface area (Å²) >= 11 is 0. The van der Waals surface area contributed by atoms with Gasteiger partial charge >= 0.3 is 6.03 Å². The van der Waals surface area contributed by atoms with Crippen molar-refractivity contribution in [3.05, 3.63) is 59.9 Å². The highest BCUT2D eigenvalue weighted by molar-refractivity contribution is 5.94. The molecule has 1 saturated heterocycles. The zero-order chi connectivity index (χ0) is 19.2. The van der Waals surface area contributed by atoms with E-state index < -0.39 is 5.82 Å². The van der Waals surface area contributed by atoms with Crippen LogP contribution >= 0.6 is 0 Å². The third kappa shape index (κ3) is 4.75. The van der Waals surface area contributed by atoms with E-state index in [0.717, 1.165) is 0 Å². The zero-order valence-corrected chi connectivity index (χ0v) is 15.1. The number of methoxy groups -OCH3 is 1. The van der Waals surface area contributed by atoms with E-state index in [1.54, 1.807) is 48.4 Å². The average Bonchev–Trinajstić information content (AvgIpc) is 2.70. The molecule has 7 heteroatoms. The predicted octanol–water partition coefficient (Wildman–Crippen LogP) is 3.26. The summed E-state index contributed by atoms with van der Waals surface area (Å²) in [5.41, 5.74) is 0.730. The summed E-state index contributed by atoms with van der Waals surface area (Å²) in [6, 6.07) is 12.6. The van der Waals surface area contributed by atoms with Crippen LogP contribution < -0.4 is 15.4 Å². The van der Waals surface area contributed by atoms with Gasteiger partial charge in [0.15, 0.2) is 0 Å². The number of urea groups is 1. The Hall–Kier alpha value is -3.09. The van der Waals surface area contributed by atoms with Crippen molar-refractivity contribution in [1.82, 2.24) is 10.2 Å². The minimum atomic E-state index is -0.465. The van der Waals surface area contributed by atoms with Gasteiger partial charge < -0.3 is 20.3 Å². The van der Waals surface area contributed by atoms with Crippen LogP contribution in [0.1, 0.15) is 23.2 Å². The molecule has 1 aliphatic heterocycles. The van der Waals surface area contributed by atoms with Crippen LogP contribution in [0, 0.1) is 5.82 Å². The van der Waals surface area contributed by atoms with Crippen molar-refractivity contribution in [1.29, 1.82) is 0 Å². The van der Waals surface area contributed by atoms with Crippen molar-refractivity contribution in [3.8, 4) is 5.75 Å². The van der Waals surface area contributed by atoms with Gasteiger partial charge in [0.1, 0.15) is 11.6 Å². The molecule has 6 nitrogen and oxygen atoms in total. The number of hydrogen-bond acceptors (Lipinski definition) is 3. The van der Waals surface area contributed by atoms with Crippen LogP contribution in [-0.4, -0.2) is 43.1 Å². The Morgan fingerprint density at radius 3 is 2.37 bits per heavy atom. The summed E-state index contributed by atoms with van der Waals surface area (Å²) in [6.45, 7) is 0.988. The number of likely N-dealkylation sites (tertiary alicyclic amines) is 1. The number of piperidine rings is 1. The summed E-state index contributed by atoms with van der Waals surface area (Å²) in [7, 11) is 1.57. The number of nitrogens with one attached hydrogen (secondary N) is 2. The van der Waals surface area contributed by atoms with Crippen LogP contribution in [-0.2, 0) is 0 Å². The van der Waals surface area contributed by atoms with E-state index >= 15 is 0 Å². The van der Waals surface area contributed by atoms with Crippen molar-refractivity contribution in [2.45, 2.75) is 18.9 Å². The largest absolute Gasteiger partial charge is 0.497 e. The van der Waals surface area contributed by atoms with Gasteiger partial charge in [-0.3, -0.25) is 4.79 Å². The maximum Gasteiger partial charge on any atom is 0.321 e. The van der Waals surface area contributed by atoms with Crippen LogP contribution in [0.5, 0.6) is 5.75 Å². The van der Waals surface area contributed by atoms with Crippen molar-refractivity contribution in [3.63, 3.8) is 0 Å². The average molecular weight is 371 g/mol. The van der Waals surface area contributed by atoms with E-state index in [0.29, 0.717) is 37.2 Å². The maximum absolute atomic E-state index is 13.6. The van der Waals surface area contributed by atoms with E-state index in [1.807, 2.05) is 0 Å². The second-order valence-electron chi connectivity index (χ2n) is 6.37. The number of para-hydroxylation sites is 1. The molecule has 0 saturated carbocycles. The number of benzene rings is 2. The van der Waals surface area contributed by atoms with Crippen LogP contribution in [0.25, 0.3) is 0 Å². The highest BCUT2D eigenvalue weighted by atomic mass is 19.1. The third-order valence-electron chi connectivity index (χ3n) is 4.59. The molecule has 0 aromatic heterocycles. The fraction of sp³-hybridized carbons (Fsp3) is 0.300. The van der Waals surface area contributed by atoms with Gasteiger partial charge in [-0.2, -0.15) is 0 Å². The Kier molecular flexibility index (Phi) is 5.90. The van der Waals surface area contributed by atoms with E-state index in [2.05, 4.69) is 10.6 Å². The van der Waals surface area contributed by atoms with E-state index in [-0.39, 0.29) is 23.7 Å². The monoisotopic (exact) mass is 371 g/mol. The molecule has 0 bridgehead atoms. The third-order valence-corrected chi connectivity index (χ3v) is 4.59. The summed E-state index contributed by atoms with van der Waals surface area (Å²) in [4.78, 5) is 26.2. The highest BCUT2D eigenvalue weighted by Crippen LogP contribution is 2.17. The molecule has 0 aliphatic carbocycles. The minimum absolute atomic E-state index is 0.00267. The molecule has 2 aromatic carbocycles. The van der Waals surface area contributed by atoms with Crippen molar-refractivity contribution >= 4 is 17.6 Å². The molecule has 142 valence electrons. The lowest BCUT2D eigenvalue weighted by molar-refractivity contribution is 0.0919. The quantitative estimate of drug-likeness (QED) is 0.867. The fourth-order valence-electron chi connectivity index (χ4n) is 2.99. The molecular formula is C20H22FN3O3. The molecule has 1 heterocycles. The van der Waals surface area contributed by atoms with Crippen molar-refractivity contribution in [2.75, 3.05) is 25.5 Å². The first-order valence-electron chi connectivity index (χ1n) is 8.82. The van der Waals surface area contributed by atoms with Gasteiger partial charge in [-0.05, 0) is 49.2 Å². The number of carbonyl (C=O) groups excluding carboxylic acids is 2. The summed E-state index contributed by atoms with van der Waals surface area (Å²) in [6.07, 6.45) is 1.29. The number of hydrogen-bond donors (Lipinski definition) is 2. The Morgan fingerprint density at radius 1 is 1.07 bits per heavy atom. The number of anilines is 1. The summed E-state index contributed by atoms with van der Waals surface area (Å²) < 4.78 is 18.7. The number of nitrogens with zero attached hydrogens (tertiary/aromatic N) is 1. The first-order chi connectivity index (χ1) is 13.1. The van der Waals surface area contributed by atoms with Gasteiger partial charge in [-0.25, -0.2) is 9.18 Å². The highest BCUT2D eigenvalue weighted by Gasteiger charge is 2.24. The molecule has 2 aromatic rings. The molecule has 0 atom stereocenters. The SMILES string of the molecule is COc1ccc(C(=O)NC2CCN(C(=O)Nc3ccccc3F)CC2)cc1. The molecule has 27 heavy (non-hydrogen) atoms. The van der Waals surface area contributed by atoms with E-state index in [1.165, 1.54) is 12.1 Å². The maximum atomic E-state index is 13.6. The van der Waals surface area contributed by atoms with Gasteiger partial charge in [-0.15, -0.1) is 0 Å². The van der Waals surface area contributed by atoms with Crippen LogP contribution in [0.15, 0.2) is 48.5 Å². The van der Waals surface area contributed by atoms with Crippen molar-refractivity contribution < 1.29 is 18.7 Å². The molecule has 0 unspecified atom stereocenters. The predicted molar refractivity (Wildman–Crippen MR) is 100 cm³/mol. The van der Waals surface area contributed by atoms with Crippen LogP contribution in [0.4, 0.5) is 14.9 Å². The molecular weight excluding hydrogens is 349 g/mol. The van der Waals surface area contributed by atoms with Crippen LogP contribution in [0.2, 0.25) is 0 Å². The van der Waals surface area contributed by atoms with E-state index in [4.69, 9.17) is 4.74 Å². The van der Waals surface area contributed by atoms with Crippen LogP contribution in [0.3, 0.4) is 0 Å². The van der Waals surface area contributed by atoms with Crippen molar-refractivity contribution in [2.24, 2.45) is 0 Å². The molecule has 3 amide bonds. The second-order valence-corrected chi connectivity index (χ2v) is 6.37. The number of halogens is 1. The first-order valence-corrected chi connectivity index (χ1v) is 8.82. The summed E-state index contributed by atoms with van der Waals surface area (Å²) in [5.74, 6) is 0.0834. The Balaban J connectivity index is 1.48. The Labute approximate surface area is 157 Å². The molecule has 3 rings (SSSR count). The topological polar surface area (TPSA) is 70.7 Å². The van der Waals surface area contributed by atoms with Gasteiger partial charge in [0.2, 0.25) is 0 Å². The lowest BCUT2D eigenvalue weighted by atomic mass is 10.0. The van der Waals surface area contributed by atoms with E-state index in [9.17, 15) is 14.0 Å². The fourth-order valence-corrected chi connectivity index (χ4v) is 2.99.